The Labute approximate surface area is 153 Å². The molecule has 6 nitrogen and oxygen atoms in total. The molecular weight excluding hydrogens is 365 g/mol. The second kappa shape index (κ2) is 6.74. The Bertz CT molecular complexity index is 850. The molecule has 0 aromatic heterocycles. The van der Waals surface area contributed by atoms with Crippen LogP contribution >= 0.6 is 23.2 Å². The number of carbonyl (C=O) groups is 3. The fourth-order valence-corrected chi connectivity index (χ4v) is 3.02. The number of nitrogens with zero attached hydrogens (tertiary/aromatic N) is 1. The van der Waals surface area contributed by atoms with E-state index in [-0.39, 0.29) is 5.02 Å². The summed E-state index contributed by atoms with van der Waals surface area (Å²) in [6, 6.07) is 10.5. The normalized spacial score (nSPS) is 14.3. The first-order chi connectivity index (χ1) is 11.9. The zero-order valence-corrected chi connectivity index (χ0v) is 14.6. The van der Waals surface area contributed by atoms with Crippen molar-refractivity contribution in [1.82, 2.24) is 10.2 Å². The monoisotopic (exact) mass is 377 g/mol. The van der Waals surface area contributed by atoms with Crippen molar-refractivity contribution in [1.29, 1.82) is 0 Å². The van der Waals surface area contributed by atoms with Crippen LogP contribution in [0.3, 0.4) is 0 Å². The Morgan fingerprint density at radius 2 is 1.64 bits per heavy atom. The molecule has 1 unspecified atom stereocenters. The summed E-state index contributed by atoms with van der Waals surface area (Å²) in [7, 11) is 0. The summed E-state index contributed by atoms with van der Waals surface area (Å²) in [5, 5.41) is 5.82. The number of fused-ring (bicyclic) bond motifs is 1. The molecule has 8 heteroatoms. The number of halogens is 2. The number of benzene rings is 2. The van der Waals surface area contributed by atoms with E-state index in [9.17, 15) is 14.4 Å². The van der Waals surface area contributed by atoms with Crippen molar-refractivity contribution >= 4 is 46.7 Å². The zero-order chi connectivity index (χ0) is 18.1. The molecule has 0 aliphatic carbocycles. The third kappa shape index (κ3) is 3.31. The molecule has 0 bridgehead atoms. The Morgan fingerprint density at radius 1 is 1.04 bits per heavy atom. The number of nitrogens with one attached hydrogen (secondary N) is 2. The average Bonchev–Trinajstić information content (AvgIpc) is 2.82. The van der Waals surface area contributed by atoms with Crippen LogP contribution in [0.4, 0.5) is 10.5 Å². The van der Waals surface area contributed by atoms with Crippen LogP contribution in [0.25, 0.3) is 0 Å². The maximum absolute atomic E-state index is 12.4. The van der Waals surface area contributed by atoms with Gasteiger partial charge in [0.1, 0.15) is 6.17 Å². The minimum atomic E-state index is -0.835. The number of carbonyl (C=O) groups excluding carboxylic acids is 3. The number of hydrogen-bond donors (Lipinski definition) is 2. The second-order valence-corrected chi connectivity index (χ2v) is 6.27. The van der Waals surface area contributed by atoms with Gasteiger partial charge in [-0.1, -0.05) is 35.3 Å². The van der Waals surface area contributed by atoms with Gasteiger partial charge in [-0.25, -0.2) is 4.79 Å². The number of amides is 4. The lowest BCUT2D eigenvalue weighted by molar-refractivity contribution is 0.0581. The van der Waals surface area contributed by atoms with Gasteiger partial charge in [0.2, 0.25) is 0 Å². The molecule has 128 valence electrons. The fourth-order valence-electron chi connectivity index (χ4n) is 2.56. The molecule has 0 fully saturated rings. The first-order valence-electron chi connectivity index (χ1n) is 7.38. The van der Waals surface area contributed by atoms with E-state index in [0.717, 1.165) is 4.90 Å². The summed E-state index contributed by atoms with van der Waals surface area (Å²) in [5.74, 6) is -0.893. The molecule has 2 aromatic carbocycles. The summed E-state index contributed by atoms with van der Waals surface area (Å²) in [5.41, 5.74) is 1.00. The zero-order valence-electron chi connectivity index (χ0n) is 13.0. The van der Waals surface area contributed by atoms with E-state index in [4.69, 9.17) is 23.2 Å². The van der Waals surface area contributed by atoms with Crippen LogP contribution in [-0.4, -0.2) is 28.9 Å². The van der Waals surface area contributed by atoms with Crippen LogP contribution in [-0.2, 0) is 0 Å². The molecule has 0 radical (unpaired) electrons. The highest BCUT2D eigenvalue weighted by Gasteiger charge is 2.38. The summed E-state index contributed by atoms with van der Waals surface area (Å²) < 4.78 is 0. The minimum absolute atomic E-state index is 0.274. The van der Waals surface area contributed by atoms with E-state index >= 15 is 0 Å². The maximum Gasteiger partial charge on any atom is 0.320 e. The van der Waals surface area contributed by atoms with Crippen LogP contribution < -0.4 is 10.6 Å². The topological polar surface area (TPSA) is 78.5 Å². The highest BCUT2D eigenvalue weighted by atomic mass is 35.5. The van der Waals surface area contributed by atoms with Crippen molar-refractivity contribution in [2.24, 2.45) is 0 Å². The van der Waals surface area contributed by atoms with Crippen LogP contribution in [0.1, 0.15) is 27.6 Å². The SMILES string of the molecule is CC(NC(=O)Nc1ccc(Cl)cc1Cl)N1C(=O)c2ccccc2C1=O. The van der Waals surface area contributed by atoms with Gasteiger partial charge in [0.25, 0.3) is 11.8 Å². The maximum atomic E-state index is 12.4. The standard InChI is InChI=1S/C17H13Cl2N3O3/c1-9(20-17(25)21-14-7-6-10(18)8-13(14)19)22-15(23)11-4-2-3-5-12(11)16(22)24/h2-9H,1H3,(H2,20,21,25). The van der Waals surface area contributed by atoms with E-state index < -0.39 is 24.0 Å². The van der Waals surface area contributed by atoms with Gasteiger partial charge in [-0.05, 0) is 37.3 Å². The first-order valence-corrected chi connectivity index (χ1v) is 8.13. The van der Waals surface area contributed by atoms with Crippen molar-refractivity contribution in [2.45, 2.75) is 13.1 Å². The third-order valence-corrected chi connectivity index (χ3v) is 4.28. The second-order valence-electron chi connectivity index (χ2n) is 5.42. The van der Waals surface area contributed by atoms with Gasteiger partial charge in [0.05, 0.1) is 21.8 Å². The number of hydrogen-bond acceptors (Lipinski definition) is 3. The van der Waals surface area contributed by atoms with Gasteiger partial charge in [-0.3, -0.25) is 14.5 Å². The van der Waals surface area contributed by atoms with E-state index in [1.54, 1.807) is 43.3 Å². The highest BCUT2D eigenvalue weighted by Crippen LogP contribution is 2.26. The quantitative estimate of drug-likeness (QED) is 0.799. The molecule has 4 amide bonds. The molecule has 0 spiro atoms. The van der Waals surface area contributed by atoms with Crippen LogP contribution in [0, 0.1) is 0 Å². The van der Waals surface area contributed by atoms with Gasteiger partial charge in [0, 0.05) is 5.02 Å². The summed E-state index contributed by atoms with van der Waals surface area (Å²) in [6.07, 6.45) is -0.835. The predicted octanol–water partition coefficient (Wildman–Crippen LogP) is 3.76. The molecule has 0 saturated heterocycles. The van der Waals surface area contributed by atoms with Gasteiger partial charge in [-0.15, -0.1) is 0 Å². The molecule has 2 aromatic rings. The lowest BCUT2D eigenvalue weighted by Gasteiger charge is -2.23. The molecule has 2 N–H and O–H groups in total. The van der Waals surface area contributed by atoms with Gasteiger partial charge in [-0.2, -0.15) is 0 Å². The largest absolute Gasteiger partial charge is 0.320 e. The van der Waals surface area contributed by atoms with Crippen LogP contribution in [0.15, 0.2) is 42.5 Å². The van der Waals surface area contributed by atoms with E-state index in [1.807, 2.05) is 0 Å². The summed E-state index contributed by atoms with van der Waals surface area (Å²) in [6.45, 7) is 1.55. The van der Waals surface area contributed by atoms with Crippen molar-refractivity contribution in [3.8, 4) is 0 Å². The van der Waals surface area contributed by atoms with Gasteiger partial charge >= 0.3 is 6.03 Å². The van der Waals surface area contributed by atoms with E-state index in [2.05, 4.69) is 10.6 Å². The average molecular weight is 378 g/mol. The number of rotatable bonds is 3. The van der Waals surface area contributed by atoms with Crippen LogP contribution in [0.5, 0.6) is 0 Å². The smallest absolute Gasteiger partial charge is 0.317 e. The van der Waals surface area contributed by atoms with Gasteiger partial charge < -0.3 is 10.6 Å². The number of imide groups is 1. The third-order valence-electron chi connectivity index (χ3n) is 3.73. The fraction of sp³-hybridized carbons (Fsp3) is 0.118. The van der Waals surface area contributed by atoms with Crippen LogP contribution in [0.2, 0.25) is 10.0 Å². The lowest BCUT2D eigenvalue weighted by Crippen LogP contribution is -2.50. The number of urea groups is 1. The Balaban J connectivity index is 1.70. The first kappa shape index (κ1) is 17.3. The number of anilines is 1. The Hall–Kier alpha value is -2.57. The lowest BCUT2D eigenvalue weighted by atomic mass is 10.1. The molecule has 3 rings (SSSR count). The summed E-state index contributed by atoms with van der Waals surface area (Å²) in [4.78, 5) is 37.9. The molecule has 1 heterocycles. The van der Waals surface area contributed by atoms with E-state index in [0.29, 0.717) is 21.8 Å². The van der Waals surface area contributed by atoms with Gasteiger partial charge in [0.15, 0.2) is 0 Å². The molecule has 25 heavy (non-hydrogen) atoms. The molecule has 1 aliphatic heterocycles. The molecule has 1 atom stereocenters. The predicted molar refractivity (Wildman–Crippen MR) is 95.0 cm³/mol. The molecule has 0 saturated carbocycles. The highest BCUT2D eigenvalue weighted by molar-refractivity contribution is 6.36. The van der Waals surface area contributed by atoms with Crippen molar-refractivity contribution in [3.63, 3.8) is 0 Å². The van der Waals surface area contributed by atoms with Crippen molar-refractivity contribution in [3.05, 3.63) is 63.6 Å². The molecule has 1 aliphatic rings. The Morgan fingerprint density at radius 3 is 2.20 bits per heavy atom. The Kier molecular flexibility index (Phi) is 4.65. The van der Waals surface area contributed by atoms with Crippen molar-refractivity contribution < 1.29 is 14.4 Å². The van der Waals surface area contributed by atoms with E-state index in [1.165, 1.54) is 6.07 Å². The van der Waals surface area contributed by atoms with Crippen molar-refractivity contribution in [2.75, 3.05) is 5.32 Å². The summed E-state index contributed by atoms with van der Waals surface area (Å²) >= 11 is 11.8. The molecular formula is C17H13Cl2N3O3. The minimum Gasteiger partial charge on any atom is -0.317 e.